The van der Waals surface area contributed by atoms with E-state index in [0.717, 1.165) is 0 Å². The van der Waals surface area contributed by atoms with E-state index in [2.05, 4.69) is 50.3 Å². The van der Waals surface area contributed by atoms with E-state index in [1.165, 1.54) is 12.0 Å². The van der Waals surface area contributed by atoms with Crippen LogP contribution in [0.4, 0.5) is 0 Å². The van der Waals surface area contributed by atoms with Crippen molar-refractivity contribution in [3.63, 3.8) is 0 Å². The highest BCUT2D eigenvalue weighted by Crippen LogP contribution is 2.24. The summed E-state index contributed by atoms with van der Waals surface area (Å²) in [6.07, 6.45) is 4.95. The zero-order valence-electron chi connectivity index (χ0n) is 10.2. The topological polar surface area (TPSA) is 24.9 Å². The smallest absolute Gasteiger partial charge is 0.0270 e. The van der Waals surface area contributed by atoms with Crippen LogP contribution in [0.25, 0.3) is 0 Å². The molecule has 0 amide bonds. The molecule has 0 saturated heterocycles. The molecule has 0 fully saturated rings. The van der Waals surface area contributed by atoms with Crippen LogP contribution in [0.1, 0.15) is 38.7 Å². The molecule has 0 aliphatic heterocycles. The van der Waals surface area contributed by atoms with E-state index in [0.29, 0.717) is 17.9 Å². The van der Waals surface area contributed by atoms with Gasteiger partial charge in [0, 0.05) is 18.4 Å². The number of rotatable bonds is 5. The maximum absolute atomic E-state index is 4.06. The molecule has 0 saturated carbocycles. The maximum atomic E-state index is 4.06. The Balaban J connectivity index is 2.77. The summed E-state index contributed by atoms with van der Waals surface area (Å²) in [5, 5.41) is 3.43. The molecule has 1 rings (SSSR count). The molecule has 2 nitrogen and oxygen atoms in total. The summed E-state index contributed by atoms with van der Waals surface area (Å²) in [5.41, 5.74) is 1.37. The minimum absolute atomic E-state index is 0.535. The van der Waals surface area contributed by atoms with Crippen molar-refractivity contribution in [2.75, 3.05) is 7.05 Å². The quantitative estimate of drug-likeness (QED) is 0.801. The number of nitrogens with zero attached hydrogens (tertiary/aromatic N) is 1. The van der Waals surface area contributed by atoms with E-state index in [1.54, 1.807) is 0 Å². The third-order valence-corrected chi connectivity index (χ3v) is 3.36. The van der Waals surface area contributed by atoms with Gasteiger partial charge in [-0.25, -0.2) is 0 Å². The van der Waals surface area contributed by atoms with Gasteiger partial charge in [-0.3, -0.25) is 4.98 Å². The maximum Gasteiger partial charge on any atom is 0.0270 e. The Morgan fingerprint density at radius 1 is 1.27 bits per heavy atom. The van der Waals surface area contributed by atoms with Gasteiger partial charge in [0.05, 0.1) is 0 Å². The molecule has 0 aromatic carbocycles. The highest BCUT2D eigenvalue weighted by molar-refractivity contribution is 5.17. The van der Waals surface area contributed by atoms with E-state index in [9.17, 15) is 0 Å². The number of hydrogen-bond donors (Lipinski definition) is 1. The highest BCUT2D eigenvalue weighted by Gasteiger charge is 2.21. The average Bonchev–Trinajstić information content (AvgIpc) is 2.30. The van der Waals surface area contributed by atoms with Crippen LogP contribution in [-0.4, -0.2) is 18.1 Å². The van der Waals surface area contributed by atoms with Gasteiger partial charge in [-0.05, 0) is 36.6 Å². The van der Waals surface area contributed by atoms with Crippen LogP contribution in [0.2, 0.25) is 0 Å². The molecule has 0 radical (unpaired) electrons. The third kappa shape index (κ3) is 3.03. The average molecular weight is 206 g/mol. The van der Waals surface area contributed by atoms with Gasteiger partial charge in [0.2, 0.25) is 0 Å². The van der Waals surface area contributed by atoms with E-state index in [1.807, 2.05) is 12.4 Å². The molecule has 1 N–H and O–H groups in total. The number of nitrogens with one attached hydrogen (secondary N) is 1. The standard InChI is InChI=1S/C13H22N2/c1-5-10(2)13(14-4)11(3)12-6-8-15-9-7-12/h6-11,13-14H,5H2,1-4H3. The molecule has 1 heterocycles. The summed E-state index contributed by atoms with van der Waals surface area (Å²) in [6, 6.07) is 4.76. The number of aromatic nitrogens is 1. The van der Waals surface area contributed by atoms with Crippen LogP contribution in [-0.2, 0) is 0 Å². The van der Waals surface area contributed by atoms with Crippen LogP contribution in [0.3, 0.4) is 0 Å². The fraction of sp³-hybridized carbons (Fsp3) is 0.615. The normalized spacial score (nSPS) is 17.1. The molecular weight excluding hydrogens is 184 g/mol. The van der Waals surface area contributed by atoms with E-state index in [-0.39, 0.29) is 0 Å². The second-order valence-corrected chi connectivity index (χ2v) is 4.27. The first-order valence-electron chi connectivity index (χ1n) is 5.77. The molecule has 0 aliphatic carbocycles. The minimum atomic E-state index is 0.535. The monoisotopic (exact) mass is 206 g/mol. The molecule has 0 spiro atoms. The summed E-state index contributed by atoms with van der Waals surface area (Å²) in [7, 11) is 2.05. The first-order valence-corrected chi connectivity index (χ1v) is 5.77. The first kappa shape index (κ1) is 12.2. The Kier molecular flexibility index (Phi) is 4.76. The van der Waals surface area contributed by atoms with Crippen LogP contribution < -0.4 is 5.32 Å². The Morgan fingerprint density at radius 2 is 1.87 bits per heavy atom. The summed E-state index contributed by atoms with van der Waals surface area (Å²) in [6.45, 7) is 6.83. The molecule has 2 heteroatoms. The highest BCUT2D eigenvalue weighted by atomic mass is 14.9. The van der Waals surface area contributed by atoms with E-state index >= 15 is 0 Å². The molecule has 84 valence electrons. The molecule has 0 aliphatic rings. The summed E-state index contributed by atoms with van der Waals surface area (Å²) in [4.78, 5) is 4.06. The van der Waals surface area contributed by atoms with Gasteiger partial charge in [-0.15, -0.1) is 0 Å². The van der Waals surface area contributed by atoms with Gasteiger partial charge in [0.15, 0.2) is 0 Å². The lowest BCUT2D eigenvalue weighted by atomic mass is 9.85. The van der Waals surface area contributed by atoms with E-state index in [4.69, 9.17) is 0 Å². The van der Waals surface area contributed by atoms with Crippen molar-refractivity contribution >= 4 is 0 Å². The van der Waals surface area contributed by atoms with Crippen LogP contribution in [0, 0.1) is 5.92 Å². The molecule has 1 aromatic heterocycles. The summed E-state index contributed by atoms with van der Waals surface area (Å²) >= 11 is 0. The first-order chi connectivity index (χ1) is 7.20. The molecule has 15 heavy (non-hydrogen) atoms. The Labute approximate surface area is 93.1 Å². The Bertz CT molecular complexity index is 271. The van der Waals surface area contributed by atoms with Crippen molar-refractivity contribution in [2.45, 2.75) is 39.2 Å². The van der Waals surface area contributed by atoms with Gasteiger partial charge in [-0.1, -0.05) is 27.2 Å². The minimum Gasteiger partial charge on any atom is -0.316 e. The van der Waals surface area contributed by atoms with E-state index < -0.39 is 0 Å². The fourth-order valence-corrected chi connectivity index (χ4v) is 2.16. The molecule has 0 bridgehead atoms. The van der Waals surface area contributed by atoms with Gasteiger partial charge in [0.1, 0.15) is 0 Å². The Morgan fingerprint density at radius 3 is 2.33 bits per heavy atom. The van der Waals surface area contributed by atoms with Crippen molar-refractivity contribution < 1.29 is 0 Å². The predicted octanol–water partition coefficient (Wildman–Crippen LogP) is 2.82. The van der Waals surface area contributed by atoms with Crippen LogP contribution in [0.5, 0.6) is 0 Å². The lowest BCUT2D eigenvalue weighted by Gasteiger charge is -2.29. The number of likely N-dealkylation sites (N-methyl/N-ethyl adjacent to an activating group) is 1. The SMILES string of the molecule is CCC(C)C(NC)C(C)c1ccncc1. The number of hydrogen-bond acceptors (Lipinski definition) is 2. The molecule has 3 unspecified atom stereocenters. The molecular formula is C13H22N2. The Hall–Kier alpha value is -0.890. The largest absolute Gasteiger partial charge is 0.316 e. The second kappa shape index (κ2) is 5.86. The van der Waals surface area contributed by atoms with Gasteiger partial charge >= 0.3 is 0 Å². The van der Waals surface area contributed by atoms with Crippen molar-refractivity contribution in [1.82, 2.24) is 10.3 Å². The molecule has 3 atom stereocenters. The predicted molar refractivity (Wildman–Crippen MR) is 65.0 cm³/mol. The zero-order chi connectivity index (χ0) is 11.3. The van der Waals surface area contributed by atoms with Crippen molar-refractivity contribution in [2.24, 2.45) is 5.92 Å². The van der Waals surface area contributed by atoms with Crippen LogP contribution in [0.15, 0.2) is 24.5 Å². The summed E-state index contributed by atoms with van der Waals surface area (Å²) in [5.74, 6) is 1.23. The fourth-order valence-electron chi connectivity index (χ4n) is 2.16. The second-order valence-electron chi connectivity index (χ2n) is 4.27. The zero-order valence-corrected chi connectivity index (χ0v) is 10.2. The lowest BCUT2D eigenvalue weighted by Crippen LogP contribution is -2.36. The number of pyridine rings is 1. The van der Waals surface area contributed by atoms with Gasteiger partial charge < -0.3 is 5.32 Å². The lowest BCUT2D eigenvalue weighted by molar-refractivity contribution is 0.345. The molecule has 1 aromatic rings. The van der Waals surface area contributed by atoms with Crippen molar-refractivity contribution in [3.8, 4) is 0 Å². The van der Waals surface area contributed by atoms with Crippen molar-refractivity contribution in [3.05, 3.63) is 30.1 Å². The van der Waals surface area contributed by atoms with Crippen molar-refractivity contribution in [1.29, 1.82) is 0 Å². The van der Waals surface area contributed by atoms with Crippen LogP contribution >= 0.6 is 0 Å². The third-order valence-electron chi connectivity index (χ3n) is 3.36. The van der Waals surface area contributed by atoms with Gasteiger partial charge in [-0.2, -0.15) is 0 Å². The van der Waals surface area contributed by atoms with Gasteiger partial charge in [0.25, 0.3) is 0 Å². The summed E-state index contributed by atoms with van der Waals surface area (Å²) < 4.78 is 0.